The number of benzene rings is 1. The number of likely N-dealkylation sites (tertiary alicyclic amines) is 1. The van der Waals surface area contributed by atoms with Crippen molar-refractivity contribution in [2.24, 2.45) is 5.92 Å². The molecule has 1 saturated carbocycles. The van der Waals surface area contributed by atoms with Crippen molar-refractivity contribution in [1.29, 1.82) is 0 Å². The van der Waals surface area contributed by atoms with E-state index in [1.807, 2.05) is 26.0 Å². The normalized spacial score (nSPS) is 41.1. The van der Waals surface area contributed by atoms with Crippen LogP contribution in [0, 0.1) is 5.92 Å². The van der Waals surface area contributed by atoms with Gasteiger partial charge in [0.2, 0.25) is 0 Å². The number of aromatic hydroxyl groups is 1. The van der Waals surface area contributed by atoms with Crippen LogP contribution in [0.3, 0.4) is 0 Å². The molecule has 3 aliphatic heterocycles. The van der Waals surface area contributed by atoms with Crippen molar-refractivity contribution in [1.82, 2.24) is 4.90 Å². The fourth-order valence-electron chi connectivity index (χ4n) is 7.94. The van der Waals surface area contributed by atoms with Crippen LogP contribution < -0.4 is 0 Å². The monoisotopic (exact) mass is 397 g/mol. The van der Waals surface area contributed by atoms with E-state index < -0.39 is 5.60 Å². The van der Waals surface area contributed by atoms with E-state index in [4.69, 9.17) is 4.74 Å². The Hall–Kier alpha value is -1.10. The lowest BCUT2D eigenvalue weighted by atomic mass is 9.53. The van der Waals surface area contributed by atoms with E-state index in [9.17, 15) is 10.2 Å². The predicted octanol–water partition coefficient (Wildman–Crippen LogP) is 3.91. The average molecular weight is 398 g/mol. The van der Waals surface area contributed by atoms with E-state index >= 15 is 0 Å². The minimum atomic E-state index is -0.730. The lowest BCUT2D eigenvalue weighted by molar-refractivity contribution is -0.213. The first-order valence-corrected chi connectivity index (χ1v) is 11.7. The van der Waals surface area contributed by atoms with Gasteiger partial charge < -0.3 is 14.9 Å². The summed E-state index contributed by atoms with van der Waals surface area (Å²) in [6, 6.07) is 6.50. The summed E-state index contributed by atoms with van der Waals surface area (Å²) in [4.78, 5) is 2.76. The number of hydrogen-bond acceptors (Lipinski definition) is 4. The number of fused-ring (bicyclic) bond motifs is 2. The Morgan fingerprint density at radius 2 is 2.03 bits per heavy atom. The first kappa shape index (κ1) is 18.7. The minimum absolute atomic E-state index is 0.0220. The molecule has 4 heteroatoms. The van der Waals surface area contributed by atoms with Gasteiger partial charge >= 0.3 is 0 Å². The van der Waals surface area contributed by atoms with Crippen LogP contribution in [-0.4, -0.2) is 51.0 Å². The van der Waals surface area contributed by atoms with Crippen molar-refractivity contribution in [3.8, 4) is 5.75 Å². The quantitative estimate of drug-likeness (QED) is 0.809. The largest absolute Gasteiger partial charge is 0.508 e. The van der Waals surface area contributed by atoms with Crippen LogP contribution in [0.1, 0.15) is 76.3 Å². The van der Waals surface area contributed by atoms with Crippen LogP contribution in [0.5, 0.6) is 5.75 Å². The molecular formula is C25H35NO3. The van der Waals surface area contributed by atoms with Gasteiger partial charge in [0.15, 0.2) is 0 Å². The molecule has 4 nitrogen and oxygen atoms in total. The first-order valence-electron chi connectivity index (χ1n) is 11.7. The number of phenolic OH excluding ortho intramolecular Hbond substituents is 1. The summed E-state index contributed by atoms with van der Waals surface area (Å²) in [6.45, 7) is 6.21. The van der Waals surface area contributed by atoms with Crippen LogP contribution in [-0.2, 0) is 16.6 Å². The Morgan fingerprint density at radius 3 is 2.79 bits per heavy atom. The molecular weight excluding hydrogens is 362 g/mol. The Kier molecular flexibility index (Phi) is 3.71. The van der Waals surface area contributed by atoms with Gasteiger partial charge in [0.25, 0.3) is 0 Å². The van der Waals surface area contributed by atoms with Gasteiger partial charge in [-0.25, -0.2) is 0 Å². The molecule has 3 saturated heterocycles. The number of aliphatic hydroxyl groups is 1. The molecule has 4 bridgehead atoms. The van der Waals surface area contributed by atoms with Crippen molar-refractivity contribution in [2.75, 3.05) is 13.1 Å². The second-order valence-electron chi connectivity index (χ2n) is 11.5. The van der Waals surface area contributed by atoms with E-state index in [0.29, 0.717) is 18.2 Å². The third-order valence-electron chi connectivity index (χ3n) is 8.78. The van der Waals surface area contributed by atoms with Gasteiger partial charge in [0.05, 0.1) is 16.8 Å². The van der Waals surface area contributed by atoms with Crippen LogP contribution in [0.25, 0.3) is 0 Å². The molecule has 0 amide bonds. The maximum atomic E-state index is 10.7. The van der Waals surface area contributed by atoms with E-state index in [0.717, 1.165) is 44.6 Å². The fraction of sp³-hybridized carbons (Fsp3) is 0.760. The zero-order chi connectivity index (χ0) is 20.1. The molecule has 2 aliphatic carbocycles. The van der Waals surface area contributed by atoms with Gasteiger partial charge in [0.1, 0.15) is 5.75 Å². The zero-order valence-corrected chi connectivity index (χ0v) is 17.9. The molecule has 2 N–H and O–H groups in total. The molecule has 0 radical (unpaired) electrons. The van der Waals surface area contributed by atoms with Gasteiger partial charge in [-0.2, -0.15) is 0 Å². The Balaban J connectivity index is 1.51. The number of nitrogens with zero attached hydrogens (tertiary/aromatic N) is 1. The van der Waals surface area contributed by atoms with Crippen molar-refractivity contribution in [3.05, 3.63) is 29.3 Å². The zero-order valence-electron chi connectivity index (χ0n) is 17.9. The summed E-state index contributed by atoms with van der Waals surface area (Å²) in [5.41, 5.74) is 1.60. The number of ether oxygens (including phenoxy) is 1. The molecule has 1 aromatic carbocycles. The van der Waals surface area contributed by atoms with Crippen molar-refractivity contribution >= 4 is 0 Å². The average Bonchev–Trinajstić information content (AvgIpc) is 3.40. The number of piperidine rings is 1. The highest BCUT2D eigenvalue weighted by atomic mass is 16.5. The lowest BCUT2D eigenvalue weighted by Gasteiger charge is -2.61. The molecule has 1 aromatic rings. The third-order valence-corrected chi connectivity index (χ3v) is 8.78. The maximum absolute atomic E-state index is 10.7. The highest BCUT2D eigenvalue weighted by Crippen LogP contribution is 2.68. The van der Waals surface area contributed by atoms with E-state index in [1.165, 1.54) is 36.9 Å². The molecule has 29 heavy (non-hydrogen) atoms. The fourth-order valence-corrected chi connectivity index (χ4v) is 7.94. The van der Waals surface area contributed by atoms with Gasteiger partial charge in [-0.15, -0.1) is 0 Å². The smallest absolute Gasteiger partial charge is 0.115 e. The molecule has 4 fully saturated rings. The molecule has 6 rings (SSSR count). The summed E-state index contributed by atoms with van der Waals surface area (Å²) < 4.78 is 7.26. The molecule has 4 atom stereocenters. The number of rotatable bonds is 4. The predicted molar refractivity (Wildman–Crippen MR) is 112 cm³/mol. The molecule has 1 spiro atoms. The summed E-state index contributed by atoms with van der Waals surface area (Å²) in [5, 5.41) is 21.1. The van der Waals surface area contributed by atoms with Gasteiger partial charge in [-0.3, -0.25) is 4.90 Å². The Morgan fingerprint density at radius 1 is 1.21 bits per heavy atom. The second kappa shape index (κ2) is 5.77. The third kappa shape index (κ3) is 2.61. The van der Waals surface area contributed by atoms with Crippen LogP contribution in [0.4, 0.5) is 0 Å². The highest BCUT2D eigenvalue weighted by molar-refractivity contribution is 5.50. The number of hydrogen-bond donors (Lipinski definition) is 2. The van der Waals surface area contributed by atoms with Crippen LogP contribution in [0.2, 0.25) is 0 Å². The van der Waals surface area contributed by atoms with Gasteiger partial charge in [-0.1, -0.05) is 6.07 Å². The molecule has 0 unspecified atom stereocenters. The molecule has 0 aromatic heterocycles. The molecule has 3 heterocycles. The van der Waals surface area contributed by atoms with E-state index in [-0.39, 0.29) is 16.6 Å². The standard InChI is InChI=1S/C25H35NO3/c1-22(2,28)15-23-8-3-9-25(29-23)21-12-18-6-7-19(27)13-20(18)24(25,16-23)10-11-26(21)14-17-4-5-17/h6-7,13,17,21,27-28H,3-5,8-12,14-16H2,1-2H3/t21-,23+,24-,25-/m1/s1. The second-order valence-corrected chi connectivity index (χ2v) is 11.5. The van der Waals surface area contributed by atoms with Crippen LogP contribution in [0.15, 0.2) is 18.2 Å². The minimum Gasteiger partial charge on any atom is -0.508 e. The molecule has 5 aliphatic rings. The van der Waals surface area contributed by atoms with E-state index in [2.05, 4.69) is 11.0 Å². The van der Waals surface area contributed by atoms with Crippen molar-refractivity contribution < 1.29 is 14.9 Å². The maximum Gasteiger partial charge on any atom is 0.115 e. The number of phenols is 1. The van der Waals surface area contributed by atoms with Crippen molar-refractivity contribution in [3.63, 3.8) is 0 Å². The van der Waals surface area contributed by atoms with E-state index in [1.54, 1.807) is 0 Å². The Labute approximate surface area is 174 Å². The summed E-state index contributed by atoms with van der Waals surface area (Å²) in [5.74, 6) is 1.26. The van der Waals surface area contributed by atoms with Crippen molar-refractivity contribution in [2.45, 2.75) is 99.9 Å². The highest BCUT2D eigenvalue weighted by Gasteiger charge is 2.73. The molecule has 158 valence electrons. The van der Waals surface area contributed by atoms with Gasteiger partial charge in [0, 0.05) is 24.4 Å². The van der Waals surface area contributed by atoms with Gasteiger partial charge in [-0.05, 0) is 101 Å². The van der Waals surface area contributed by atoms with Crippen LogP contribution >= 0.6 is 0 Å². The SMILES string of the molecule is CC(C)(O)C[C@]12CCC[C@@]3(O1)[C@H]1Cc4ccc(O)cc4[C@@]3(CCN1CC1CC1)C2. The Bertz CT molecular complexity index is 843. The lowest BCUT2D eigenvalue weighted by Crippen LogP contribution is -2.70. The topological polar surface area (TPSA) is 52.9 Å². The summed E-state index contributed by atoms with van der Waals surface area (Å²) >= 11 is 0. The first-order chi connectivity index (χ1) is 13.7. The summed E-state index contributed by atoms with van der Waals surface area (Å²) in [7, 11) is 0. The summed E-state index contributed by atoms with van der Waals surface area (Å²) in [6.07, 6.45) is 9.94.